The second-order valence-electron chi connectivity index (χ2n) is 6.21. The fraction of sp³-hybridized carbons (Fsp3) is 0.421. The van der Waals surface area contributed by atoms with Gasteiger partial charge in [0.05, 0.1) is 6.20 Å². The Morgan fingerprint density at radius 1 is 1.23 bits per heavy atom. The standard InChI is InChI=1S/C19H25N3O4/c1-3-4-5-8-20-10-14-9-16(26-15-7-6-13(2)21-11-15)18-19(17(14)22-23)25-12-24-18/h6-7,9,11,20,22-23H,3-5,8,10,12H2,1-2H3. The molecule has 0 unspecified atom stereocenters. The van der Waals surface area contributed by atoms with Crippen molar-refractivity contribution in [3.8, 4) is 23.0 Å². The zero-order valence-electron chi connectivity index (χ0n) is 15.2. The number of hydrogen-bond donors (Lipinski definition) is 3. The first-order valence-corrected chi connectivity index (χ1v) is 8.89. The Labute approximate surface area is 153 Å². The molecule has 0 atom stereocenters. The number of rotatable bonds is 9. The molecule has 3 N–H and O–H groups in total. The summed E-state index contributed by atoms with van der Waals surface area (Å²) in [5, 5.41) is 13.0. The number of hydrogen-bond acceptors (Lipinski definition) is 7. The lowest BCUT2D eigenvalue weighted by atomic mass is 10.1. The van der Waals surface area contributed by atoms with Crippen LogP contribution in [0.25, 0.3) is 0 Å². The number of ether oxygens (including phenoxy) is 3. The molecule has 0 aliphatic carbocycles. The minimum atomic E-state index is 0.0832. The van der Waals surface area contributed by atoms with Gasteiger partial charge in [-0.05, 0) is 43.7 Å². The summed E-state index contributed by atoms with van der Waals surface area (Å²) in [7, 11) is 0. The highest BCUT2D eigenvalue weighted by Gasteiger charge is 2.26. The second-order valence-corrected chi connectivity index (χ2v) is 6.21. The van der Waals surface area contributed by atoms with Crippen molar-refractivity contribution in [2.24, 2.45) is 0 Å². The number of benzene rings is 1. The third kappa shape index (κ3) is 4.17. The van der Waals surface area contributed by atoms with Crippen LogP contribution in [-0.2, 0) is 6.54 Å². The molecule has 7 heteroatoms. The fourth-order valence-corrected chi connectivity index (χ4v) is 2.79. The van der Waals surface area contributed by atoms with E-state index in [2.05, 4.69) is 22.7 Å². The Hall–Kier alpha value is -2.51. The Morgan fingerprint density at radius 3 is 2.81 bits per heavy atom. The van der Waals surface area contributed by atoms with Crippen molar-refractivity contribution < 1.29 is 19.4 Å². The topological polar surface area (TPSA) is 84.9 Å². The number of nitrogens with one attached hydrogen (secondary N) is 2. The molecule has 1 aromatic heterocycles. The highest BCUT2D eigenvalue weighted by Crippen LogP contribution is 2.49. The van der Waals surface area contributed by atoms with Gasteiger partial charge in [0.1, 0.15) is 11.4 Å². The maximum absolute atomic E-state index is 9.57. The summed E-state index contributed by atoms with van der Waals surface area (Å²) in [6.45, 7) is 5.66. The van der Waals surface area contributed by atoms with Crippen LogP contribution in [0.5, 0.6) is 23.0 Å². The van der Waals surface area contributed by atoms with Crippen LogP contribution in [0.15, 0.2) is 24.4 Å². The highest BCUT2D eigenvalue weighted by atomic mass is 16.7. The zero-order valence-corrected chi connectivity index (χ0v) is 15.2. The first-order chi connectivity index (χ1) is 12.7. The van der Waals surface area contributed by atoms with Gasteiger partial charge in [0, 0.05) is 12.2 Å². The Balaban J connectivity index is 1.83. The van der Waals surface area contributed by atoms with Crippen LogP contribution in [0.1, 0.15) is 37.4 Å². The summed E-state index contributed by atoms with van der Waals surface area (Å²) in [4.78, 5) is 4.24. The molecule has 0 saturated heterocycles. The molecule has 1 aliphatic heterocycles. The van der Waals surface area contributed by atoms with Gasteiger partial charge in [-0.3, -0.25) is 15.7 Å². The van der Waals surface area contributed by atoms with Crippen molar-refractivity contribution in [2.75, 3.05) is 18.8 Å². The number of aryl methyl sites for hydroxylation is 1. The van der Waals surface area contributed by atoms with Gasteiger partial charge < -0.3 is 19.5 Å². The number of nitrogens with zero attached hydrogens (tertiary/aromatic N) is 1. The van der Waals surface area contributed by atoms with Gasteiger partial charge in [0.15, 0.2) is 11.5 Å². The lowest BCUT2D eigenvalue weighted by Gasteiger charge is -2.15. The molecule has 0 saturated carbocycles. The number of unbranched alkanes of at least 4 members (excludes halogenated alkanes) is 2. The predicted octanol–water partition coefficient (Wildman–Crippen LogP) is 3.99. The largest absolute Gasteiger partial charge is 0.452 e. The van der Waals surface area contributed by atoms with Crippen LogP contribution in [0.3, 0.4) is 0 Å². The predicted molar refractivity (Wildman–Crippen MR) is 98.3 cm³/mol. The molecule has 140 valence electrons. The molecule has 1 aromatic carbocycles. The smallest absolute Gasteiger partial charge is 0.231 e. The molecule has 3 rings (SSSR count). The van der Waals surface area contributed by atoms with E-state index in [1.807, 2.05) is 25.1 Å². The average Bonchev–Trinajstić information content (AvgIpc) is 3.13. The number of aromatic nitrogens is 1. The van der Waals surface area contributed by atoms with Gasteiger partial charge in [0.25, 0.3) is 0 Å². The van der Waals surface area contributed by atoms with Crippen LogP contribution in [0, 0.1) is 6.92 Å². The normalized spacial score (nSPS) is 12.3. The highest BCUT2D eigenvalue weighted by molar-refractivity contribution is 5.72. The molecule has 2 heterocycles. The van der Waals surface area contributed by atoms with E-state index in [0.717, 1.165) is 24.2 Å². The number of fused-ring (bicyclic) bond motifs is 1. The Morgan fingerprint density at radius 2 is 2.08 bits per heavy atom. The molecule has 7 nitrogen and oxygen atoms in total. The van der Waals surface area contributed by atoms with Crippen LogP contribution < -0.4 is 25.0 Å². The van der Waals surface area contributed by atoms with Crippen molar-refractivity contribution in [2.45, 2.75) is 39.7 Å². The van der Waals surface area contributed by atoms with Gasteiger partial charge in [-0.25, -0.2) is 0 Å². The molecule has 2 aromatic rings. The molecule has 26 heavy (non-hydrogen) atoms. The molecule has 0 amide bonds. The van der Waals surface area contributed by atoms with Gasteiger partial charge in [0.2, 0.25) is 12.5 Å². The molecular weight excluding hydrogens is 334 g/mol. The van der Waals surface area contributed by atoms with Crippen LogP contribution in [0.4, 0.5) is 5.69 Å². The second kappa shape index (κ2) is 8.73. The van der Waals surface area contributed by atoms with Crippen molar-refractivity contribution in [3.05, 3.63) is 35.7 Å². The van der Waals surface area contributed by atoms with E-state index in [1.165, 1.54) is 12.8 Å². The molecule has 0 spiro atoms. The first-order valence-electron chi connectivity index (χ1n) is 8.89. The Kier molecular flexibility index (Phi) is 6.14. The summed E-state index contributed by atoms with van der Waals surface area (Å²) < 4.78 is 17.0. The Bertz CT molecular complexity index is 735. The lowest BCUT2D eigenvalue weighted by Crippen LogP contribution is -2.16. The van der Waals surface area contributed by atoms with Crippen LogP contribution in [-0.4, -0.2) is 23.5 Å². The van der Waals surface area contributed by atoms with Gasteiger partial charge in [-0.2, -0.15) is 0 Å². The van der Waals surface area contributed by atoms with Gasteiger partial charge in [-0.1, -0.05) is 19.8 Å². The van der Waals surface area contributed by atoms with E-state index in [1.54, 1.807) is 6.20 Å². The van der Waals surface area contributed by atoms with E-state index in [0.29, 0.717) is 35.2 Å². The average molecular weight is 359 g/mol. The van der Waals surface area contributed by atoms with E-state index < -0.39 is 0 Å². The van der Waals surface area contributed by atoms with Gasteiger partial charge >= 0.3 is 0 Å². The summed E-state index contributed by atoms with van der Waals surface area (Å²) >= 11 is 0. The van der Waals surface area contributed by atoms with Crippen molar-refractivity contribution in [1.29, 1.82) is 0 Å². The SMILES string of the molecule is CCCCCNCc1cc(Oc2ccc(C)nc2)c2c(c1NO)OCO2. The molecular formula is C19H25N3O4. The number of pyridine rings is 1. The summed E-state index contributed by atoms with van der Waals surface area (Å²) in [5.41, 5.74) is 4.48. The molecule has 0 bridgehead atoms. The van der Waals surface area contributed by atoms with E-state index in [-0.39, 0.29) is 6.79 Å². The van der Waals surface area contributed by atoms with Crippen LogP contribution >= 0.6 is 0 Å². The zero-order chi connectivity index (χ0) is 18.4. The van der Waals surface area contributed by atoms with Crippen LogP contribution in [0.2, 0.25) is 0 Å². The monoisotopic (exact) mass is 359 g/mol. The summed E-state index contributed by atoms with van der Waals surface area (Å²) in [6, 6.07) is 5.58. The van der Waals surface area contributed by atoms with E-state index in [9.17, 15) is 5.21 Å². The first kappa shape index (κ1) is 18.3. The molecule has 0 fully saturated rings. The molecule has 1 aliphatic rings. The minimum absolute atomic E-state index is 0.0832. The molecule has 0 radical (unpaired) electrons. The third-order valence-electron chi connectivity index (χ3n) is 4.19. The van der Waals surface area contributed by atoms with Crippen molar-refractivity contribution >= 4 is 5.69 Å². The number of anilines is 1. The maximum atomic E-state index is 9.57. The van der Waals surface area contributed by atoms with Gasteiger partial charge in [-0.15, -0.1) is 0 Å². The quantitative estimate of drug-likeness (QED) is 0.461. The third-order valence-corrected chi connectivity index (χ3v) is 4.19. The van der Waals surface area contributed by atoms with Crippen molar-refractivity contribution in [3.63, 3.8) is 0 Å². The lowest BCUT2D eigenvalue weighted by molar-refractivity contribution is 0.171. The van der Waals surface area contributed by atoms with Crippen molar-refractivity contribution in [1.82, 2.24) is 10.3 Å². The minimum Gasteiger partial charge on any atom is -0.452 e. The fourth-order valence-electron chi connectivity index (χ4n) is 2.79. The van der Waals surface area contributed by atoms with E-state index >= 15 is 0 Å². The summed E-state index contributed by atoms with van der Waals surface area (Å²) in [5.74, 6) is 2.07. The summed E-state index contributed by atoms with van der Waals surface area (Å²) in [6.07, 6.45) is 5.14. The van der Waals surface area contributed by atoms with E-state index in [4.69, 9.17) is 14.2 Å². The maximum Gasteiger partial charge on any atom is 0.231 e.